The van der Waals surface area contributed by atoms with Crippen molar-refractivity contribution in [3.05, 3.63) is 64.5 Å². The van der Waals surface area contributed by atoms with Crippen molar-refractivity contribution in [1.82, 2.24) is 15.1 Å². The smallest absolute Gasteiger partial charge is 0.275 e. The van der Waals surface area contributed by atoms with Gasteiger partial charge in [0.05, 0.1) is 12.1 Å². The molecular weight excluding hydrogens is 294 g/mol. The number of H-pyrrole nitrogens is 1. The number of hydrogen-bond donors (Lipinski definition) is 1. The van der Waals surface area contributed by atoms with Crippen LogP contribution in [0.15, 0.2) is 48.4 Å². The van der Waals surface area contributed by atoms with Gasteiger partial charge in [0, 0.05) is 16.8 Å². The highest BCUT2D eigenvalue weighted by Gasteiger charge is 2.20. The lowest BCUT2D eigenvalue weighted by atomic mass is 10.1. The molecule has 2 heterocycles. The van der Waals surface area contributed by atoms with Crippen LogP contribution in [0.1, 0.15) is 20.9 Å². The summed E-state index contributed by atoms with van der Waals surface area (Å²) in [5, 5.41) is 10.0. The maximum atomic E-state index is 12.8. The van der Waals surface area contributed by atoms with E-state index in [0.29, 0.717) is 18.8 Å². The fraction of sp³-hybridized carbons (Fsp3) is 0.176. The van der Waals surface area contributed by atoms with E-state index < -0.39 is 0 Å². The summed E-state index contributed by atoms with van der Waals surface area (Å²) in [7, 11) is 0. The fourth-order valence-corrected chi connectivity index (χ4v) is 3.13. The van der Waals surface area contributed by atoms with Crippen molar-refractivity contribution in [1.29, 1.82) is 0 Å². The molecule has 2 aromatic heterocycles. The molecule has 0 saturated carbocycles. The summed E-state index contributed by atoms with van der Waals surface area (Å²) in [4.78, 5) is 15.8. The van der Waals surface area contributed by atoms with Gasteiger partial charge in [-0.15, -0.1) is 17.9 Å². The first kappa shape index (κ1) is 14.5. The Morgan fingerprint density at radius 2 is 2.32 bits per heavy atom. The van der Waals surface area contributed by atoms with Gasteiger partial charge in [-0.3, -0.25) is 9.89 Å². The van der Waals surface area contributed by atoms with Gasteiger partial charge in [-0.25, -0.2) is 0 Å². The fourth-order valence-electron chi connectivity index (χ4n) is 2.41. The molecule has 0 aliphatic carbocycles. The Hall–Kier alpha value is -2.40. The van der Waals surface area contributed by atoms with E-state index in [0.717, 1.165) is 21.3 Å². The molecule has 1 amide bonds. The molecule has 0 aliphatic heterocycles. The van der Waals surface area contributed by atoms with Crippen molar-refractivity contribution >= 4 is 28.1 Å². The molecule has 1 aromatic carbocycles. The van der Waals surface area contributed by atoms with Gasteiger partial charge in [-0.2, -0.15) is 5.10 Å². The molecular formula is C17H17N3OS. The molecule has 0 unspecified atom stereocenters. The standard InChI is InChI=1S/C17H17N3OS/c1-3-8-20(11-13-5-4-9-22-13)17(21)16-14-10-12(2)6-7-15(14)18-19-16/h3-7,9-10H,1,8,11H2,2H3,(H,18,19). The van der Waals surface area contributed by atoms with Gasteiger partial charge in [0.2, 0.25) is 0 Å². The van der Waals surface area contributed by atoms with Crippen LogP contribution in [0.4, 0.5) is 0 Å². The van der Waals surface area contributed by atoms with Gasteiger partial charge < -0.3 is 4.90 Å². The monoisotopic (exact) mass is 311 g/mol. The second-order valence-electron chi connectivity index (χ2n) is 5.17. The zero-order valence-corrected chi connectivity index (χ0v) is 13.2. The first-order valence-electron chi connectivity index (χ1n) is 7.06. The summed E-state index contributed by atoms with van der Waals surface area (Å²) in [5.74, 6) is -0.0786. The number of nitrogens with zero attached hydrogens (tertiary/aromatic N) is 2. The lowest BCUT2D eigenvalue weighted by Gasteiger charge is -2.19. The van der Waals surface area contributed by atoms with Crippen LogP contribution in [0, 0.1) is 6.92 Å². The van der Waals surface area contributed by atoms with Crippen molar-refractivity contribution in [2.45, 2.75) is 13.5 Å². The molecule has 0 aliphatic rings. The Morgan fingerprint density at radius 3 is 3.05 bits per heavy atom. The molecule has 4 nitrogen and oxygen atoms in total. The van der Waals surface area contributed by atoms with Crippen LogP contribution >= 0.6 is 11.3 Å². The number of aromatic nitrogens is 2. The topological polar surface area (TPSA) is 49.0 Å². The van der Waals surface area contributed by atoms with Crippen molar-refractivity contribution in [3.8, 4) is 0 Å². The summed E-state index contributed by atoms with van der Waals surface area (Å²) >= 11 is 1.64. The van der Waals surface area contributed by atoms with Crippen molar-refractivity contribution in [2.75, 3.05) is 6.54 Å². The van der Waals surface area contributed by atoms with E-state index in [-0.39, 0.29) is 5.91 Å². The van der Waals surface area contributed by atoms with E-state index in [1.54, 1.807) is 22.3 Å². The van der Waals surface area contributed by atoms with Gasteiger partial charge in [0.1, 0.15) is 0 Å². The molecule has 0 radical (unpaired) electrons. The molecule has 3 rings (SSSR count). The molecule has 3 aromatic rings. The molecule has 0 spiro atoms. The third-order valence-electron chi connectivity index (χ3n) is 3.48. The van der Waals surface area contributed by atoms with Crippen molar-refractivity contribution in [3.63, 3.8) is 0 Å². The van der Waals surface area contributed by atoms with Gasteiger partial charge in [-0.1, -0.05) is 23.8 Å². The molecule has 0 atom stereocenters. The van der Waals surface area contributed by atoms with E-state index in [2.05, 4.69) is 16.8 Å². The first-order chi connectivity index (χ1) is 10.7. The Labute approximate surface area is 133 Å². The zero-order chi connectivity index (χ0) is 15.5. The quantitative estimate of drug-likeness (QED) is 0.729. The zero-order valence-electron chi connectivity index (χ0n) is 12.4. The van der Waals surface area contributed by atoms with E-state index in [1.807, 2.05) is 42.6 Å². The highest BCUT2D eigenvalue weighted by molar-refractivity contribution is 7.09. The molecule has 112 valence electrons. The number of thiophene rings is 1. The number of aryl methyl sites for hydroxylation is 1. The maximum absolute atomic E-state index is 12.8. The number of fused-ring (bicyclic) bond motifs is 1. The number of rotatable bonds is 5. The van der Waals surface area contributed by atoms with Crippen LogP contribution in [0.5, 0.6) is 0 Å². The van der Waals surface area contributed by atoms with Crippen molar-refractivity contribution < 1.29 is 4.79 Å². The minimum atomic E-state index is -0.0786. The van der Waals surface area contributed by atoms with E-state index >= 15 is 0 Å². The maximum Gasteiger partial charge on any atom is 0.275 e. The largest absolute Gasteiger partial charge is 0.328 e. The van der Waals surface area contributed by atoms with E-state index in [1.165, 1.54) is 0 Å². The van der Waals surface area contributed by atoms with E-state index in [9.17, 15) is 4.79 Å². The minimum absolute atomic E-state index is 0.0786. The summed E-state index contributed by atoms with van der Waals surface area (Å²) < 4.78 is 0. The highest BCUT2D eigenvalue weighted by atomic mass is 32.1. The number of hydrogen-bond acceptors (Lipinski definition) is 3. The molecule has 0 saturated heterocycles. The van der Waals surface area contributed by atoms with Crippen LogP contribution in [0.25, 0.3) is 10.9 Å². The molecule has 5 heteroatoms. The number of carbonyl (C=O) groups excluding carboxylic acids is 1. The molecule has 22 heavy (non-hydrogen) atoms. The molecule has 1 N–H and O–H groups in total. The summed E-state index contributed by atoms with van der Waals surface area (Å²) in [6, 6.07) is 9.96. The van der Waals surface area contributed by atoms with Crippen LogP contribution in [-0.2, 0) is 6.54 Å². The predicted molar refractivity (Wildman–Crippen MR) is 90.1 cm³/mol. The number of amides is 1. The summed E-state index contributed by atoms with van der Waals surface area (Å²) in [6.07, 6.45) is 1.74. The minimum Gasteiger partial charge on any atom is -0.328 e. The average Bonchev–Trinajstić information content (AvgIpc) is 3.15. The Kier molecular flexibility index (Phi) is 4.06. The summed E-state index contributed by atoms with van der Waals surface area (Å²) in [5.41, 5.74) is 2.46. The van der Waals surface area contributed by atoms with Gasteiger partial charge in [0.25, 0.3) is 5.91 Å². The first-order valence-corrected chi connectivity index (χ1v) is 7.94. The van der Waals surface area contributed by atoms with Crippen LogP contribution in [0.3, 0.4) is 0 Å². The lowest BCUT2D eigenvalue weighted by molar-refractivity contribution is 0.0760. The van der Waals surface area contributed by atoms with Gasteiger partial charge in [-0.05, 0) is 30.5 Å². The third kappa shape index (κ3) is 2.80. The van der Waals surface area contributed by atoms with Crippen molar-refractivity contribution in [2.24, 2.45) is 0 Å². The second-order valence-corrected chi connectivity index (χ2v) is 6.21. The van der Waals surface area contributed by atoms with E-state index in [4.69, 9.17) is 0 Å². The number of carbonyl (C=O) groups is 1. The number of nitrogens with one attached hydrogen (secondary N) is 1. The third-order valence-corrected chi connectivity index (χ3v) is 4.35. The normalized spacial score (nSPS) is 10.8. The second kappa shape index (κ2) is 6.15. The highest BCUT2D eigenvalue weighted by Crippen LogP contribution is 2.20. The SMILES string of the molecule is C=CCN(Cc1cccs1)C(=O)c1n[nH]c2ccc(C)cc12. The number of aromatic amines is 1. The van der Waals surface area contributed by atoms with Crippen LogP contribution < -0.4 is 0 Å². The van der Waals surface area contributed by atoms with Crippen LogP contribution in [-0.4, -0.2) is 27.5 Å². The average molecular weight is 311 g/mol. The predicted octanol–water partition coefficient (Wildman–Crippen LogP) is 3.76. The Bertz CT molecular complexity index is 805. The lowest BCUT2D eigenvalue weighted by Crippen LogP contribution is -2.30. The summed E-state index contributed by atoms with van der Waals surface area (Å²) in [6.45, 7) is 6.83. The van der Waals surface area contributed by atoms with Gasteiger partial charge in [0.15, 0.2) is 5.69 Å². The van der Waals surface area contributed by atoms with Crippen LogP contribution in [0.2, 0.25) is 0 Å². The Morgan fingerprint density at radius 1 is 1.45 bits per heavy atom. The number of benzene rings is 1. The molecule has 0 fully saturated rings. The molecule has 0 bridgehead atoms. The Balaban J connectivity index is 1.94. The van der Waals surface area contributed by atoms with Gasteiger partial charge >= 0.3 is 0 Å².